The van der Waals surface area contributed by atoms with Gasteiger partial charge in [-0.3, -0.25) is 4.90 Å². The minimum Gasteiger partial charge on any atom is -0.279 e. The Hall–Kier alpha value is -3.72. The lowest BCUT2D eigenvalue weighted by Gasteiger charge is -2.31. The molecular weight excluding hydrogens is 342 g/mol. The number of para-hydroxylation sites is 2. The SMILES string of the molecule is c1ccc2c(c1)Cc1ccccc1N2c1ncc2ccc3ccccc3c2n1. The van der Waals surface area contributed by atoms with Gasteiger partial charge in [0.2, 0.25) is 5.95 Å². The van der Waals surface area contributed by atoms with Gasteiger partial charge in [0.15, 0.2) is 0 Å². The van der Waals surface area contributed by atoms with Gasteiger partial charge in [-0.2, -0.15) is 0 Å². The molecule has 28 heavy (non-hydrogen) atoms. The van der Waals surface area contributed by atoms with E-state index in [0.29, 0.717) is 5.95 Å². The smallest absolute Gasteiger partial charge is 0.235 e. The molecule has 3 nitrogen and oxygen atoms in total. The third-order valence-electron chi connectivity index (χ3n) is 5.51. The molecule has 2 heterocycles. The molecule has 1 aromatic heterocycles. The molecule has 4 aromatic carbocycles. The zero-order valence-electron chi connectivity index (χ0n) is 15.2. The van der Waals surface area contributed by atoms with Gasteiger partial charge in [0.05, 0.1) is 16.9 Å². The van der Waals surface area contributed by atoms with Crippen LogP contribution < -0.4 is 4.90 Å². The highest BCUT2D eigenvalue weighted by Crippen LogP contribution is 2.42. The Kier molecular flexibility index (Phi) is 3.23. The number of hydrogen-bond acceptors (Lipinski definition) is 3. The van der Waals surface area contributed by atoms with Crippen molar-refractivity contribution >= 4 is 39.0 Å². The summed E-state index contributed by atoms with van der Waals surface area (Å²) >= 11 is 0. The van der Waals surface area contributed by atoms with E-state index in [1.54, 1.807) is 0 Å². The van der Waals surface area contributed by atoms with E-state index in [4.69, 9.17) is 9.97 Å². The minimum atomic E-state index is 0.712. The summed E-state index contributed by atoms with van der Waals surface area (Å²) in [4.78, 5) is 12.0. The summed E-state index contributed by atoms with van der Waals surface area (Å²) in [6.45, 7) is 0. The molecular formula is C25H17N3. The molecule has 5 aromatic rings. The molecule has 0 fully saturated rings. The van der Waals surface area contributed by atoms with E-state index < -0.39 is 0 Å². The number of benzene rings is 4. The predicted octanol–water partition coefficient (Wildman–Crippen LogP) is 6.16. The summed E-state index contributed by atoms with van der Waals surface area (Å²) in [5.41, 5.74) is 5.89. The molecule has 0 spiro atoms. The van der Waals surface area contributed by atoms with Crippen molar-refractivity contribution in [3.63, 3.8) is 0 Å². The van der Waals surface area contributed by atoms with Crippen LogP contribution in [0.5, 0.6) is 0 Å². The zero-order chi connectivity index (χ0) is 18.5. The van der Waals surface area contributed by atoms with Crippen LogP contribution in [0, 0.1) is 0 Å². The third kappa shape index (κ3) is 2.23. The largest absolute Gasteiger partial charge is 0.279 e. The van der Waals surface area contributed by atoms with E-state index in [0.717, 1.165) is 34.1 Å². The first-order chi connectivity index (χ1) is 13.9. The summed E-state index contributed by atoms with van der Waals surface area (Å²) in [6, 6.07) is 29.7. The van der Waals surface area contributed by atoms with E-state index in [9.17, 15) is 0 Å². The van der Waals surface area contributed by atoms with Crippen LogP contribution >= 0.6 is 0 Å². The van der Waals surface area contributed by atoms with Gasteiger partial charge < -0.3 is 0 Å². The highest BCUT2D eigenvalue weighted by Gasteiger charge is 2.25. The van der Waals surface area contributed by atoms with Crippen LogP contribution in [-0.4, -0.2) is 9.97 Å². The maximum Gasteiger partial charge on any atom is 0.235 e. The van der Waals surface area contributed by atoms with Crippen LogP contribution in [0.3, 0.4) is 0 Å². The average Bonchev–Trinajstić information content (AvgIpc) is 2.77. The van der Waals surface area contributed by atoms with Crippen LogP contribution in [0.15, 0.2) is 91.1 Å². The highest BCUT2D eigenvalue weighted by atomic mass is 15.3. The maximum atomic E-state index is 5.04. The molecule has 0 aliphatic carbocycles. The van der Waals surface area contributed by atoms with E-state index >= 15 is 0 Å². The van der Waals surface area contributed by atoms with E-state index in [1.807, 2.05) is 6.20 Å². The van der Waals surface area contributed by atoms with Crippen molar-refractivity contribution in [2.75, 3.05) is 4.90 Å². The van der Waals surface area contributed by atoms with Gasteiger partial charge in [-0.05, 0) is 28.6 Å². The lowest BCUT2D eigenvalue weighted by molar-refractivity contribution is 1.03. The Morgan fingerprint density at radius 2 is 1.29 bits per heavy atom. The molecule has 0 unspecified atom stereocenters. The van der Waals surface area contributed by atoms with Crippen molar-refractivity contribution < 1.29 is 0 Å². The summed E-state index contributed by atoms with van der Waals surface area (Å²) < 4.78 is 0. The van der Waals surface area contributed by atoms with Gasteiger partial charge >= 0.3 is 0 Å². The first-order valence-corrected chi connectivity index (χ1v) is 9.49. The van der Waals surface area contributed by atoms with Gasteiger partial charge in [0.1, 0.15) is 0 Å². The Morgan fingerprint density at radius 3 is 2.07 bits per heavy atom. The summed E-state index contributed by atoms with van der Waals surface area (Å²) in [7, 11) is 0. The van der Waals surface area contributed by atoms with Gasteiger partial charge in [0, 0.05) is 23.4 Å². The molecule has 1 aliphatic heterocycles. The molecule has 1 aliphatic rings. The molecule has 3 heteroatoms. The van der Waals surface area contributed by atoms with Gasteiger partial charge in [0.25, 0.3) is 0 Å². The lowest BCUT2D eigenvalue weighted by atomic mass is 9.96. The standard InChI is InChI=1S/C25H17N3/c1-4-10-21-17(7-1)13-14-20-16-26-25(27-24(20)21)28-22-11-5-2-8-18(22)15-19-9-3-6-12-23(19)28/h1-14,16H,15H2. The minimum absolute atomic E-state index is 0.712. The van der Waals surface area contributed by atoms with Crippen molar-refractivity contribution in [3.8, 4) is 0 Å². The molecule has 0 N–H and O–H groups in total. The number of aromatic nitrogens is 2. The van der Waals surface area contributed by atoms with E-state index in [2.05, 4.69) is 89.8 Å². The summed E-state index contributed by atoms with van der Waals surface area (Å²) in [5.74, 6) is 0.712. The number of anilines is 3. The number of rotatable bonds is 1. The monoisotopic (exact) mass is 359 g/mol. The molecule has 0 radical (unpaired) electrons. The van der Waals surface area contributed by atoms with Gasteiger partial charge in [-0.1, -0.05) is 72.8 Å². The second-order valence-corrected chi connectivity index (χ2v) is 7.16. The van der Waals surface area contributed by atoms with Gasteiger partial charge in [-0.25, -0.2) is 9.97 Å². The van der Waals surface area contributed by atoms with Crippen molar-refractivity contribution in [3.05, 3.63) is 102 Å². The normalized spacial score (nSPS) is 12.8. The zero-order valence-corrected chi connectivity index (χ0v) is 15.2. The number of fused-ring (bicyclic) bond motifs is 5. The molecule has 0 saturated heterocycles. The molecule has 0 saturated carbocycles. The quantitative estimate of drug-likeness (QED) is 0.329. The van der Waals surface area contributed by atoms with Crippen LogP contribution in [-0.2, 0) is 6.42 Å². The van der Waals surface area contributed by atoms with Crippen molar-refractivity contribution in [1.29, 1.82) is 0 Å². The van der Waals surface area contributed by atoms with Crippen molar-refractivity contribution in [2.45, 2.75) is 6.42 Å². The predicted molar refractivity (Wildman–Crippen MR) is 115 cm³/mol. The van der Waals surface area contributed by atoms with Crippen LogP contribution in [0.1, 0.15) is 11.1 Å². The van der Waals surface area contributed by atoms with E-state index in [-0.39, 0.29) is 0 Å². The average molecular weight is 359 g/mol. The second-order valence-electron chi connectivity index (χ2n) is 7.16. The second kappa shape index (κ2) is 5.89. The Morgan fingerprint density at radius 1 is 0.643 bits per heavy atom. The molecule has 0 atom stereocenters. The van der Waals surface area contributed by atoms with Gasteiger partial charge in [-0.15, -0.1) is 0 Å². The molecule has 132 valence electrons. The highest BCUT2D eigenvalue weighted by molar-refractivity contribution is 6.05. The fourth-order valence-electron chi connectivity index (χ4n) is 4.17. The van der Waals surface area contributed by atoms with Crippen LogP contribution in [0.25, 0.3) is 21.7 Å². The maximum absolute atomic E-state index is 5.04. The summed E-state index contributed by atoms with van der Waals surface area (Å²) in [6.07, 6.45) is 2.86. The Balaban J connectivity index is 1.64. The molecule has 6 rings (SSSR count). The number of nitrogens with zero attached hydrogens (tertiary/aromatic N) is 3. The fraction of sp³-hybridized carbons (Fsp3) is 0.0400. The van der Waals surface area contributed by atoms with Crippen LogP contribution in [0.2, 0.25) is 0 Å². The Labute approximate surface area is 162 Å². The fourth-order valence-corrected chi connectivity index (χ4v) is 4.17. The van der Waals surface area contributed by atoms with Crippen LogP contribution in [0.4, 0.5) is 17.3 Å². The number of hydrogen-bond donors (Lipinski definition) is 0. The first-order valence-electron chi connectivity index (χ1n) is 9.49. The summed E-state index contributed by atoms with van der Waals surface area (Å²) in [5, 5.41) is 3.40. The third-order valence-corrected chi connectivity index (χ3v) is 5.51. The first kappa shape index (κ1) is 15.3. The molecule has 0 bridgehead atoms. The topological polar surface area (TPSA) is 29.0 Å². The lowest BCUT2D eigenvalue weighted by Crippen LogP contribution is -2.20. The Bertz CT molecular complexity index is 1310. The van der Waals surface area contributed by atoms with Crippen molar-refractivity contribution in [2.24, 2.45) is 0 Å². The van der Waals surface area contributed by atoms with E-state index in [1.165, 1.54) is 16.5 Å². The molecule has 0 amide bonds. The van der Waals surface area contributed by atoms with Crippen molar-refractivity contribution in [1.82, 2.24) is 9.97 Å².